The minimum absolute atomic E-state index is 0.339. The molecule has 0 bridgehead atoms. The summed E-state index contributed by atoms with van der Waals surface area (Å²) >= 11 is 4.64. The minimum atomic E-state index is -4.40. The van der Waals surface area contributed by atoms with Crippen molar-refractivity contribution in [2.45, 2.75) is 32.5 Å². The molecule has 0 aliphatic heterocycles. The number of aryl methyl sites for hydroxylation is 1. The lowest BCUT2D eigenvalue weighted by Crippen LogP contribution is -2.08. The molecule has 0 radical (unpaired) electrons. The molecule has 0 saturated carbocycles. The van der Waals surface area contributed by atoms with Crippen LogP contribution < -0.4 is 0 Å². The SMILES string of the molecule is CCCCn1nc(C(F)(F)F)cc1C=S. The highest BCUT2D eigenvalue weighted by Gasteiger charge is 2.34. The van der Waals surface area contributed by atoms with E-state index in [0.29, 0.717) is 12.2 Å². The first-order valence-corrected chi connectivity index (χ1v) is 5.06. The Morgan fingerprint density at radius 3 is 2.67 bits per heavy atom. The summed E-state index contributed by atoms with van der Waals surface area (Å²) in [5, 5.41) is 4.70. The first-order valence-electron chi connectivity index (χ1n) is 4.59. The Hall–Kier alpha value is -0.910. The Morgan fingerprint density at radius 1 is 1.53 bits per heavy atom. The fourth-order valence-electron chi connectivity index (χ4n) is 1.15. The number of unbranched alkanes of at least 4 members (excludes halogenated alkanes) is 1. The molecular weight excluding hydrogens is 225 g/mol. The van der Waals surface area contributed by atoms with Gasteiger partial charge in [-0.15, -0.1) is 0 Å². The van der Waals surface area contributed by atoms with Gasteiger partial charge in [0.15, 0.2) is 5.69 Å². The van der Waals surface area contributed by atoms with Gasteiger partial charge in [0, 0.05) is 11.9 Å². The molecule has 15 heavy (non-hydrogen) atoms. The van der Waals surface area contributed by atoms with E-state index in [-0.39, 0.29) is 0 Å². The van der Waals surface area contributed by atoms with Crippen LogP contribution in [0.5, 0.6) is 0 Å². The van der Waals surface area contributed by atoms with Gasteiger partial charge in [-0.2, -0.15) is 18.3 Å². The second kappa shape index (κ2) is 4.74. The van der Waals surface area contributed by atoms with E-state index in [0.717, 1.165) is 18.9 Å². The van der Waals surface area contributed by atoms with Crippen molar-refractivity contribution in [2.75, 3.05) is 0 Å². The van der Waals surface area contributed by atoms with Gasteiger partial charge in [-0.05, 0) is 12.5 Å². The van der Waals surface area contributed by atoms with Gasteiger partial charge in [-0.1, -0.05) is 25.6 Å². The zero-order chi connectivity index (χ0) is 11.5. The summed E-state index contributed by atoms with van der Waals surface area (Å²) in [6.45, 7) is 2.43. The Labute approximate surface area is 91.1 Å². The molecule has 6 heteroatoms. The molecular formula is C9H11F3N2S. The lowest BCUT2D eigenvalue weighted by Gasteiger charge is -2.02. The van der Waals surface area contributed by atoms with E-state index >= 15 is 0 Å². The van der Waals surface area contributed by atoms with E-state index in [1.165, 1.54) is 10.0 Å². The standard InChI is InChI=1S/C9H11F3N2S/c1-2-3-4-14-7(6-15)5-8(13-14)9(10,11)12/h5-6H,2-4H2,1H3. The van der Waals surface area contributed by atoms with E-state index in [1.807, 2.05) is 6.92 Å². The highest BCUT2D eigenvalue weighted by Crippen LogP contribution is 2.28. The third kappa shape index (κ3) is 3.02. The Kier molecular flexibility index (Phi) is 3.84. The highest BCUT2D eigenvalue weighted by atomic mass is 32.1. The van der Waals surface area contributed by atoms with E-state index in [2.05, 4.69) is 17.3 Å². The number of hydrogen-bond acceptors (Lipinski definition) is 2. The number of halogens is 3. The lowest BCUT2D eigenvalue weighted by atomic mass is 10.3. The van der Waals surface area contributed by atoms with E-state index in [9.17, 15) is 13.2 Å². The Balaban J connectivity index is 2.95. The molecule has 2 nitrogen and oxygen atoms in total. The Bertz CT molecular complexity index is 344. The van der Waals surface area contributed by atoms with Gasteiger partial charge in [0.25, 0.3) is 0 Å². The van der Waals surface area contributed by atoms with Gasteiger partial charge in [-0.3, -0.25) is 4.68 Å². The monoisotopic (exact) mass is 236 g/mol. The number of nitrogens with zero attached hydrogens (tertiary/aromatic N) is 2. The quantitative estimate of drug-likeness (QED) is 0.748. The number of hydrogen-bond donors (Lipinski definition) is 0. The number of rotatable bonds is 4. The predicted molar refractivity (Wildman–Crippen MR) is 54.9 cm³/mol. The van der Waals surface area contributed by atoms with Crippen molar-refractivity contribution in [1.29, 1.82) is 0 Å². The van der Waals surface area contributed by atoms with Crippen LogP contribution in [-0.4, -0.2) is 15.1 Å². The largest absolute Gasteiger partial charge is 0.435 e. The first-order chi connectivity index (χ1) is 6.99. The van der Waals surface area contributed by atoms with Crippen molar-refractivity contribution < 1.29 is 13.2 Å². The average molecular weight is 236 g/mol. The molecule has 84 valence electrons. The maximum Gasteiger partial charge on any atom is 0.435 e. The number of thiocarbonyl (C=S) groups is 1. The van der Waals surface area contributed by atoms with Gasteiger partial charge in [0.1, 0.15) is 0 Å². The van der Waals surface area contributed by atoms with Crippen molar-refractivity contribution in [3.8, 4) is 0 Å². The van der Waals surface area contributed by atoms with Crippen molar-refractivity contribution in [3.63, 3.8) is 0 Å². The molecule has 1 rings (SSSR count). The second-order valence-corrected chi connectivity index (χ2v) is 3.38. The van der Waals surface area contributed by atoms with Gasteiger partial charge >= 0.3 is 6.18 Å². The van der Waals surface area contributed by atoms with Crippen LogP contribution in [0.25, 0.3) is 0 Å². The zero-order valence-corrected chi connectivity index (χ0v) is 9.03. The lowest BCUT2D eigenvalue weighted by molar-refractivity contribution is -0.141. The van der Waals surface area contributed by atoms with Crippen molar-refractivity contribution in [1.82, 2.24) is 9.78 Å². The molecule has 0 spiro atoms. The number of alkyl halides is 3. The molecule has 1 aromatic rings. The third-order valence-electron chi connectivity index (χ3n) is 1.95. The summed E-state index contributed by atoms with van der Waals surface area (Å²) in [5.41, 5.74) is -0.541. The van der Waals surface area contributed by atoms with Crippen LogP contribution in [0.4, 0.5) is 13.2 Å². The topological polar surface area (TPSA) is 17.8 Å². The first kappa shape index (κ1) is 12.2. The maximum atomic E-state index is 12.3. The van der Waals surface area contributed by atoms with Crippen LogP contribution in [-0.2, 0) is 12.7 Å². The summed E-state index contributed by atoms with van der Waals surface area (Å²) < 4.78 is 38.3. The summed E-state index contributed by atoms with van der Waals surface area (Å²) in [7, 11) is 0. The summed E-state index contributed by atoms with van der Waals surface area (Å²) in [4.78, 5) is 0. The van der Waals surface area contributed by atoms with Crippen LogP contribution in [0.1, 0.15) is 31.2 Å². The summed E-state index contributed by atoms with van der Waals surface area (Å²) in [6, 6.07) is 0.975. The normalized spacial score (nSPS) is 11.7. The second-order valence-electron chi connectivity index (χ2n) is 3.15. The molecule has 0 aliphatic carbocycles. The molecule has 0 atom stereocenters. The molecule has 1 aromatic heterocycles. The van der Waals surface area contributed by atoms with Crippen molar-refractivity contribution in [3.05, 3.63) is 17.5 Å². The molecule has 0 unspecified atom stereocenters. The smallest absolute Gasteiger partial charge is 0.264 e. The fourth-order valence-corrected chi connectivity index (χ4v) is 1.34. The number of aromatic nitrogens is 2. The van der Waals surface area contributed by atoms with Crippen LogP contribution in [0.3, 0.4) is 0 Å². The maximum absolute atomic E-state index is 12.3. The van der Waals surface area contributed by atoms with Crippen LogP contribution in [0.15, 0.2) is 6.07 Å². The summed E-state index contributed by atoms with van der Waals surface area (Å²) in [6.07, 6.45) is -2.71. The minimum Gasteiger partial charge on any atom is -0.264 e. The fraction of sp³-hybridized carbons (Fsp3) is 0.556. The molecule has 0 aromatic carbocycles. The van der Waals surface area contributed by atoms with Crippen LogP contribution in [0.2, 0.25) is 0 Å². The van der Waals surface area contributed by atoms with Gasteiger partial charge in [-0.25, -0.2) is 0 Å². The van der Waals surface area contributed by atoms with E-state index in [4.69, 9.17) is 0 Å². The average Bonchev–Trinajstić information content (AvgIpc) is 2.57. The molecule has 0 saturated heterocycles. The highest BCUT2D eigenvalue weighted by molar-refractivity contribution is 7.79. The van der Waals surface area contributed by atoms with Gasteiger partial charge in [0.2, 0.25) is 0 Å². The van der Waals surface area contributed by atoms with Crippen molar-refractivity contribution in [2.24, 2.45) is 0 Å². The molecule has 0 fully saturated rings. The Morgan fingerprint density at radius 2 is 2.20 bits per heavy atom. The van der Waals surface area contributed by atoms with Crippen LogP contribution in [0, 0.1) is 0 Å². The predicted octanol–water partition coefficient (Wildman–Crippen LogP) is 3.05. The van der Waals surface area contributed by atoms with E-state index < -0.39 is 11.9 Å². The van der Waals surface area contributed by atoms with Crippen molar-refractivity contribution >= 4 is 17.6 Å². The van der Waals surface area contributed by atoms with Gasteiger partial charge < -0.3 is 0 Å². The third-order valence-corrected chi connectivity index (χ3v) is 2.19. The molecule has 0 aliphatic rings. The molecule has 1 heterocycles. The van der Waals surface area contributed by atoms with Crippen LogP contribution >= 0.6 is 12.2 Å². The van der Waals surface area contributed by atoms with Gasteiger partial charge in [0.05, 0.1) is 5.69 Å². The summed E-state index contributed by atoms with van der Waals surface area (Å²) in [5.74, 6) is 0. The zero-order valence-electron chi connectivity index (χ0n) is 8.21. The molecule has 0 amide bonds. The van der Waals surface area contributed by atoms with E-state index in [1.54, 1.807) is 0 Å². The molecule has 0 N–H and O–H groups in total.